The van der Waals surface area contributed by atoms with Gasteiger partial charge in [-0.15, -0.1) is 0 Å². The molecule has 3 nitrogen and oxygen atoms in total. The molecule has 0 bridgehead atoms. The molecule has 1 aromatic carbocycles. The van der Waals surface area contributed by atoms with Crippen molar-refractivity contribution in [1.29, 1.82) is 0 Å². The highest BCUT2D eigenvalue weighted by Gasteiger charge is 2.05. The molecule has 0 amide bonds. The van der Waals surface area contributed by atoms with Crippen LogP contribution >= 0.6 is 0 Å². The SMILES string of the molecule is CC(C)CCOCCN(CCCN)c1ccccc1. The van der Waals surface area contributed by atoms with Gasteiger partial charge in [-0.1, -0.05) is 32.0 Å². The molecule has 0 saturated carbocycles. The third-order valence-electron chi connectivity index (χ3n) is 3.10. The molecule has 19 heavy (non-hydrogen) atoms. The number of ether oxygens (including phenoxy) is 1. The molecule has 0 spiro atoms. The second-order valence-electron chi connectivity index (χ2n) is 5.26. The first kappa shape index (κ1) is 16.0. The molecule has 0 aliphatic heterocycles. The Morgan fingerprint density at radius 3 is 2.47 bits per heavy atom. The lowest BCUT2D eigenvalue weighted by atomic mass is 10.1. The van der Waals surface area contributed by atoms with Crippen molar-refractivity contribution in [3.8, 4) is 0 Å². The number of hydrogen-bond acceptors (Lipinski definition) is 3. The zero-order valence-electron chi connectivity index (χ0n) is 12.3. The first-order valence-corrected chi connectivity index (χ1v) is 7.32. The number of nitrogens with zero attached hydrogens (tertiary/aromatic N) is 1. The Hall–Kier alpha value is -1.06. The largest absolute Gasteiger partial charge is 0.380 e. The maximum atomic E-state index is 5.70. The van der Waals surface area contributed by atoms with Crippen LogP contribution in [0.15, 0.2) is 30.3 Å². The van der Waals surface area contributed by atoms with Crippen molar-refractivity contribution in [3.05, 3.63) is 30.3 Å². The summed E-state index contributed by atoms with van der Waals surface area (Å²) in [5.41, 5.74) is 6.86. The summed E-state index contributed by atoms with van der Waals surface area (Å²) in [7, 11) is 0. The summed E-state index contributed by atoms with van der Waals surface area (Å²) in [4.78, 5) is 2.35. The predicted molar refractivity (Wildman–Crippen MR) is 82.6 cm³/mol. The van der Waals surface area contributed by atoms with Crippen molar-refractivity contribution in [2.24, 2.45) is 11.7 Å². The molecular formula is C16H28N2O. The van der Waals surface area contributed by atoms with E-state index in [2.05, 4.69) is 43.0 Å². The van der Waals surface area contributed by atoms with Crippen LogP contribution in [0.2, 0.25) is 0 Å². The van der Waals surface area contributed by atoms with Crippen LogP contribution in [-0.2, 0) is 4.74 Å². The van der Waals surface area contributed by atoms with Crippen molar-refractivity contribution >= 4 is 5.69 Å². The molecule has 0 radical (unpaired) electrons. The maximum absolute atomic E-state index is 5.70. The standard InChI is InChI=1S/C16H28N2O/c1-15(2)9-13-19-14-12-18(11-6-10-17)16-7-4-3-5-8-16/h3-5,7-8,15H,6,9-14,17H2,1-2H3. The molecule has 3 heteroatoms. The first-order chi connectivity index (χ1) is 9.24. The van der Waals surface area contributed by atoms with Gasteiger partial charge in [0, 0.05) is 25.4 Å². The molecular weight excluding hydrogens is 236 g/mol. The third kappa shape index (κ3) is 7.19. The average molecular weight is 264 g/mol. The summed E-state index contributed by atoms with van der Waals surface area (Å²) in [6, 6.07) is 10.5. The van der Waals surface area contributed by atoms with Crippen molar-refractivity contribution in [1.82, 2.24) is 0 Å². The fourth-order valence-electron chi connectivity index (χ4n) is 1.89. The minimum atomic E-state index is 0.711. The fourth-order valence-corrected chi connectivity index (χ4v) is 1.89. The van der Waals surface area contributed by atoms with Gasteiger partial charge in [-0.05, 0) is 37.4 Å². The van der Waals surface area contributed by atoms with Gasteiger partial charge in [0.2, 0.25) is 0 Å². The van der Waals surface area contributed by atoms with Crippen LogP contribution < -0.4 is 10.6 Å². The number of benzene rings is 1. The zero-order valence-corrected chi connectivity index (χ0v) is 12.3. The fraction of sp³-hybridized carbons (Fsp3) is 0.625. The Morgan fingerprint density at radius 2 is 1.84 bits per heavy atom. The van der Waals surface area contributed by atoms with Crippen LogP contribution in [0.5, 0.6) is 0 Å². The van der Waals surface area contributed by atoms with Gasteiger partial charge in [0.15, 0.2) is 0 Å². The lowest BCUT2D eigenvalue weighted by Crippen LogP contribution is -2.29. The van der Waals surface area contributed by atoms with E-state index in [9.17, 15) is 0 Å². The summed E-state index contributed by atoms with van der Waals surface area (Å²) in [5.74, 6) is 0.711. The molecule has 0 fully saturated rings. The van der Waals surface area contributed by atoms with Crippen LogP contribution in [0.25, 0.3) is 0 Å². The Balaban J connectivity index is 2.34. The Bertz CT molecular complexity index is 314. The normalized spacial score (nSPS) is 10.9. The van der Waals surface area contributed by atoms with Crippen molar-refractivity contribution < 1.29 is 4.74 Å². The van der Waals surface area contributed by atoms with Gasteiger partial charge >= 0.3 is 0 Å². The van der Waals surface area contributed by atoms with Crippen LogP contribution in [-0.4, -0.2) is 32.8 Å². The predicted octanol–water partition coefficient (Wildman–Crippen LogP) is 2.90. The third-order valence-corrected chi connectivity index (χ3v) is 3.10. The van der Waals surface area contributed by atoms with Crippen LogP contribution in [0.4, 0.5) is 5.69 Å². The van der Waals surface area contributed by atoms with E-state index in [1.165, 1.54) is 5.69 Å². The number of nitrogens with two attached hydrogens (primary N) is 1. The summed E-state index contributed by atoms with van der Waals surface area (Å²) in [6.07, 6.45) is 2.15. The molecule has 108 valence electrons. The molecule has 1 aromatic rings. The minimum Gasteiger partial charge on any atom is -0.380 e. The molecule has 0 aliphatic carbocycles. The van der Waals surface area contributed by atoms with Gasteiger partial charge in [-0.2, -0.15) is 0 Å². The van der Waals surface area contributed by atoms with E-state index in [-0.39, 0.29) is 0 Å². The Kier molecular flexibility index (Phi) is 8.26. The van der Waals surface area contributed by atoms with Crippen molar-refractivity contribution in [3.63, 3.8) is 0 Å². The van der Waals surface area contributed by atoms with Crippen LogP contribution in [0.3, 0.4) is 0 Å². The Labute approximate surface area is 117 Å². The van der Waals surface area contributed by atoms with E-state index in [0.717, 1.165) is 45.7 Å². The molecule has 0 heterocycles. The van der Waals surface area contributed by atoms with Gasteiger partial charge in [0.05, 0.1) is 6.61 Å². The molecule has 2 N–H and O–H groups in total. The van der Waals surface area contributed by atoms with E-state index in [4.69, 9.17) is 10.5 Å². The second kappa shape index (κ2) is 9.82. The topological polar surface area (TPSA) is 38.5 Å². The van der Waals surface area contributed by atoms with E-state index in [1.807, 2.05) is 6.07 Å². The summed E-state index contributed by atoms with van der Waals surface area (Å²) < 4.78 is 5.70. The van der Waals surface area contributed by atoms with E-state index >= 15 is 0 Å². The van der Waals surface area contributed by atoms with Gasteiger partial charge in [0.25, 0.3) is 0 Å². The number of anilines is 1. The van der Waals surface area contributed by atoms with Crippen LogP contribution in [0, 0.1) is 5.92 Å². The maximum Gasteiger partial charge on any atom is 0.0641 e. The van der Waals surface area contributed by atoms with E-state index in [0.29, 0.717) is 5.92 Å². The number of para-hydroxylation sites is 1. The summed E-state index contributed by atoms with van der Waals surface area (Å²) >= 11 is 0. The first-order valence-electron chi connectivity index (χ1n) is 7.32. The van der Waals surface area contributed by atoms with E-state index in [1.54, 1.807) is 0 Å². The number of hydrogen-bond donors (Lipinski definition) is 1. The van der Waals surface area contributed by atoms with Gasteiger partial charge in [0.1, 0.15) is 0 Å². The summed E-state index contributed by atoms with van der Waals surface area (Å²) in [5, 5.41) is 0. The molecule has 0 aromatic heterocycles. The lowest BCUT2D eigenvalue weighted by molar-refractivity contribution is 0.129. The summed E-state index contributed by atoms with van der Waals surface area (Å²) in [6.45, 7) is 8.75. The minimum absolute atomic E-state index is 0.711. The molecule has 0 atom stereocenters. The van der Waals surface area contributed by atoms with Gasteiger partial charge in [-0.25, -0.2) is 0 Å². The van der Waals surface area contributed by atoms with Gasteiger partial charge < -0.3 is 15.4 Å². The van der Waals surface area contributed by atoms with Crippen LogP contribution in [0.1, 0.15) is 26.7 Å². The zero-order chi connectivity index (χ0) is 13.9. The Morgan fingerprint density at radius 1 is 1.11 bits per heavy atom. The van der Waals surface area contributed by atoms with E-state index < -0.39 is 0 Å². The van der Waals surface area contributed by atoms with Crippen molar-refractivity contribution in [2.45, 2.75) is 26.7 Å². The highest BCUT2D eigenvalue weighted by molar-refractivity contribution is 5.45. The quantitative estimate of drug-likeness (QED) is 0.660. The average Bonchev–Trinajstić information content (AvgIpc) is 2.42. The second-order valence-corrected chi connectivity index (χ2v) is 5.26. The lowest BCUT2D eigenvalue weighted by Gasteiger charge is -2.24. The molecule has 1 rings (SSSR count). The monoisotopic (exact) mass is 264 g/mol. The molecule has 0 saturated heterocycles. The van der Waals surface area contributed by atoms with Crippen molar-refractivity contribution in [2.75, 3.05) is 37.7 Å². The smallest absolute Gasteiger partial charge is 0.0641 e. The molecule has 0 aliphatic rings. The highest BCUT2D eigenvalue weighted by Crippen LogP contribution is 2.13. The number of rotatable bonds is 10. The highest BCUT2D eigenvalue weighted by atomic mass is 16.5. The van der Waals surface area contributed by atoms with Gasteiger partial charge in [-0.3, -0.25) is 0 Å². The molecule has 0 unspecified atom stereocenters.